The van der Waals surface area contributed by atoms with E-state index >= 15 is 0 Å². The lowest BCUT2D eigenvalue weighted by Crippen LogP contribution is -2.10. The van der Waals surface area contributed by atoms with Crippen LogP contribution >= 0.6 is 31.9 Å². The van der Waals surface area contributed by atoms with Gasteiger partial charge >= 0.3 is 10.1 Å². The van der Waals surface area contributed by atoms with Gasteiger partial charge in [-0.15, -0.1) is 0 Å². The zero-order valence-corrected chi connectivity index (χ0v) is 14.3. The van der Waals surface area contributed by atoms with E-state index in [4.69, 9.17) is 8.92 Å². The van der Waals surface area contributed by atoms with Crippen molar-refractivity contribution < 1.29 is 17.3 Å². The van der Waals surface area contributed by atoms with Gasteiger partial charge in [0.2, 0.25) is 0 Å². The molecule has 0 radical (unpaired) electrons. The standard InChI is InChI=1S/C13H10Br2O4S/c1-18-10-3-5-11(6-4-10)19-20(16,17)13-8-9(14)2-7-12(13)15/h2-8H,1H3. The predicted molar refractivity (Wildman–Crippen MR) is 82.6 cm³/mol. The molecule has 0 saturated heterocycles. The highest BCUT2D eigenvalue weighted by molar-refractivity contribution is 9.11. The van der Waals surface area contributed by atoms with Crippen LogP contribution in [0.25, 0.3) is 0 Å². The van der Waals surface area contributed by atoms with E-state index < -0.39 is 10.1 Å². The first-order valence-electron chi connectivity index (χ1n) is 5.46. The van der Waals surface area contributed by atoms with Gasteiger partial charge in [0.25, 0.3) is 0 Å². The summed E-state index contributed by atoms with van der Waals surface area (Å²) in [4.78, 5) is 0.0580. The highest BCUT2D eigenvalue weighted by Gasteiger charge is 2.20. The highest BCUT2D eigenvalue weighted by atomic mass is 79.9. The van der Waals surface area contributed by atoms with Gasteiger partial charge in [-0.05, 0) is 58.4 Å². The number of benzene rings is 2. The molecule has 0 spiro atoms. The van der Waals surface area contributed by atoms with Gasteiger partial charge in [0.15, 0.2) is 0 Å². The summed E-state index contributed by atoms with van der Waals surface area (Å²) in [6.07, 6.45) is 0. The van der Waals surface area contributed by atoms with Crippen LogP contribution in [0.1, 0.15) is 0 Å². The van der Waals surface area contributed by atoms with Crippen molar-refractivity contribution in [2.45, 2.75) is 4.90 Å². The quantitative estimate of drug-likeness (QED) is 0.700. The van der Waals surface area contributed by atoms with E-state index in [1.165, 1.54) is 25.3 Å². The third-order valence-electron chi connectivity index (χ3n) is 2.43. The van der Waals surface area contributed by atoms with Crippen LogP contribution in [0.3, 0.4) is 0 Å². The van der Waals surface area contributed by atoms with Gasteiger partial charge in [-0.2, -0.15) is 8.42 Å². The highest BCUT2D eigenvalue weighted by Crippen LogP contribution is 2.28. The van der Waals surface area contributed by atoms with E-state index in [0.29, 0.717) is 14.7 Å². The molecule has 20 heavy (non-hydrogen) atoms. The molecule has 7 heteroatoms. The lowest BCUT2D eigenvalue weighted by Gasteiger charge is -2.09. The Morgan fingerprint density at radius 1 is 0.950 bits per heavy atom. The summed E-state index contributed by atoms with van der Waals surface area (Å²) in [5.41, 5.74) is 0. The molecule has 4 nitrogen and oxygen atoms in total. The van der Waals surface area contributed by atoms with Crippen molar-refractivity contribution >= 4 is 42.0 Å². The number of methoxy groups -OCH3 is 1. The van der Waals surface area contributed by atoms with Crippen molar-refractivity contribution in [3.63, 3.8) is 0 Å². The Morgan fingerprint density at radius 2 is 1.55 bits per heavy atom. The first-order valence-corrected chi connectivity index (χ1v) is 8.45. The SMILES string of the molecule is COc1ccc(OS(=O)(=O)c2cc(Br)ccc2Br)cc1. The number of hydrogen-bond donors (Lipinski definition) is 0. The molecule has 0 aliphatic heterocycles. The molecule has 106 valence electrons. The van der Waals surface area contributed by atoms with Crippen LogP contribution in [-0.2, 0) is 10.1 Å². The molecule has 2 aromatic rings. The Kier molecular flexibility index (Phi) is 4.72. The van der Waals surface area contributed by atoms with Gasteiger partial charge in [-0.3, -0.25) is 0 Å². The Labute approximate surface area is 134 Å². The third kappa shape index (κ3) is 3.53. The molecule has 0 aliphatic carbocycles. The minimum absolute atomic E-state index is 0.0580. The summed E-state index contributed by atoms with van der Waals surface area (Å²) in [5.74, 6) is 0.844. The molecule has 0 N–H and O–H groups in total. The smallest absolute Gasteiger partial charge is 0.340 e. The lowest BCUT2D eigenvalue weighted by molar-refractivity contribution is 0.413. The fourth-order valence-corrected chi connectivity index (χ4v) is 3.86. The van der Waals surface area contributed by atoms with Gasteiger partial charge in [-0.1, -0.05) is 15.9 Å². The summed E-state index contributed by atoms with van der Waals surface area (Å²) in [7, 11) is -2.37. The largest absolute Gasteiger partial charge is 0.497 e. The molecule has 0 heterocycles. The number of hydrogen-bond acceptors (Lipinski definition) is 4. The Morgan fingerprint density at radius 3 is 2.15 bits per heavy atom. The predicted octanol–water partition coefficient (Wildman–Crippen LogP) is 3.99. The monoisotopic (exact) mass is 420 g/mol. The van der Waals surface area contributed by atoms with E-state index in [-0.39, 0.29) is 10.6 Å². The number of ether oxygens (including phenoxy) is 1. The van der Waals surface area contributed by atoms with E-state index in [9.17, 15) is 8.42 Å². The molecular weight excluding hydrogens is 412 g/mol. The molecule has 0 unspecified atom stereocenters. The summed E-state index contributed by atoms with van der Waals surface area (Å²) in [6.45, 7) is 0. The fourth-order valence-electron chi connectivity index (χ4n) is 1.47. The normalized spacial score (nSPS) is 11.2. The van der Waals surface area contributed by atoms with Crippen molar-refractivity contribution in [1.29, 1.82) is 0 Å². The first-order chi connectivity index (χ1) is 9.42. The van der Waals surface area contributed by atoms with E-state index in [2.05, 4.69) is 31.9 Å². The minimum atomic E-state index is -3.90. The number of halogens is 2. The zero-order chi connectivity index (χ0) is 14.8. The second-order valence-corrected chi connectivity index (χ2v) is 7.07. The van der Waals surface area contributed by atoms with Crippen LogP contribution in [0, 0.1) is 0 Å². The molecule has 0 atom stereocenters. The van der Waals surface area contributed by atoms with Crippen LogP contribution in [0.5, 0.6) is 11.5 Å². The first kappa shape index (κ1) is 15.3. The average molecular weight is 422 g/mol. The third-order valence-corrected chi connectivity index (χ3v) is 5.16. The molecule has 0 aromatic heterocycles. The topological polar surface area (TPSA) is 52.6 Å². The maximum atomic E-state index is 12.2. The average Bonchev–Trinajstić information content (AvgIpc) is 2.42. The summed E-state index contributed by atoms with van der Waals surface area (Å²) in [5, 5.41) is 0. The van der Waals surface area contributed by atoms with E-state index in [1.807, 2.05) is 0 Å². The molecule has 2 rings (SSSR count). The van der Waals surface area contributed by atoms with Crippen molar-refractivity contribution in [2.75, 3.05) is 7.11 Å². The van der Waals surface area contributed by atoms with Crippen LogP contribution in [-0.4, -0.2) is 15.5 Å². The molecule has 0 amide bonds. The van der Waals surface area contributed by atoms with Gasteiger partial charge in [0.1, 0.15) is 16.4 Å². The van der Waals surface area contributed by atoms with Crippen LogP contribution < -0.4 is 8.92 Å². The zero-order valence-electron chi connectivity index (χ0n) is 10.3. The van der Waals surface area contributed by atoms with Crippen LogP contribution in [0.2, 0.25) is 0 Å². The summed E-state index contributed by atoms with van der Waals surface area (Å²) in [6, 6.07) is 11.2. The van der Waals surface area contributed by atoms with Crippen molar-refractivity contribution in [3.8, 4) is 11.5 Å². The molecule has 0 bridgehead atoms. The van der Waals surface area contributed by atoms with Crippen molar-refractivity contribution in [3.05, 3.63) is 51.4 Å². The van der Waals surface area contributed by atoms with Crippen LogP contribution in [0.15, 0.2) is 56.3 Å². The second kappa shape index (κ2) is 6.15. The molecule has 0 saturated carbocycles. The van der Waals surface area contributed by atoms with Crippen molar-refractivity contribution in [1.82, 2.24) is 0 Å². The second-order valence-electron chi connectivity index (χ2n) is 3.79. The van der Waals surface area contributed by atoms with Gasteiger partial charge in [0.05, 0.1) is 7.11 Å². The molecule has 0 fully saturated rings. The summed E-state index contributed by atoms with van der Waals surface area (Å²) < 4.78 is 35.6. The lowest BCUT2D eigenvalue weighted by atomic mass is 10.3. The van der Waals surface area contributed by atoms with Gasteiger partial charge in [-0.25, -0.2) is 0 Å². The van der Waals surface area contributed by atoms with E-state index in [1.54, 1.807) is 24.3 Å². The number of rotatable bonds is 4. The Bertz CT molecular complexity index is 712. The van der Waals surface area contributed by atoms with Gasteiger partial charge < -0.3 is 8.92 Å². The molecular formula is C13H10Br2O4S. The molecule has 2 aromatic carbocycles. The maximum absolute atomic E-state index is 12.2. The minimum Gasteiger partial charge on any atom is -0.497 e. The fraction of sp³-hybridized carbons (Fsp3) is 0.0769. The Balaban J connectivity index is 2.32. The van der Waals surface area contributed by atoms with Gasteiger partial charge in [0, 0.05) is 8.95 Å². The Hall–Kier alpha value is -1.05. The van der Waals surface area contributed by atoms with Crippen molar-refractivity contribution in [2.24, 2.45) is 0 Å². The van der Waals surface area contributed by atoms with Crippen LogP contribution in [0.4, 0.5) is 0 Å². The van der Waals surface area contributed by atoms with E-state index in [0.717, 1.165) is 0 Å². The summed E-state index contributed by atoms with van der Waals surface area (Å²) >= 11 is 6.44. The molecule has 0 aliphatic rings. The maximum Gasteiger partial charge on any atom is 0.340 e.